The minimum Gasteiger partial charge on any atom is -0.396 e. The zero-order valence-electron chi connectivity index (χ0n) is 9.14. The van der Waals surface area contributed by atoms with Gasteiger partial charge in [-0.25, -0.2) is 0 Å². The number of halogens is 1. The lowest BCUT2D eigenvalue weighted by atomic mass is 10.1. The van der Waals surface area contributed by atoms with Crippen molar-refractivity contribution in [2.75, 3.05) is 6.61 Å². The summed E-state index contributed by atoms with van der Waals surface area (Å²) < 4.78 is 0.778. The first-order valence-electron chi connectivity index (χ1n) is 5.39. The fourth-order valence-electron chi connectivity index (χ4n) is 1.80. The van der Waals surface area contributed by atoms with Crippen LogP contribution >= 0.6 is 15.9 Å². The maximum absolute atomic E-state index is 11.9. The Balaban J connectivity index is 1.96. The molecule has 0 radical (unpaired) electrons. The number of amides is 1. The molecule has 0 aromatic carbocycles. The van der Waals surface area contributed by atoms with Crippen LogP contribution in [0, 0.1) is 5.92 Å². The molecule has 90 valence electrons. The van der Waals surface area contributed by atoms with Crippen LogP contribution in [0.1, 0.15) is 16.8 Å². The first-order valence-corrected chi connectivity index (χ1v) is 6.19. The summed E-state index contributed by atoms with van der Waals surface area (Å²) in [5.74, 6) is 0.00738. The Kier molecular flexibility index (Phi) is 3.91. The highest BCUT2D eigenvalue weighted by Gasteiger charge is 2.20. The van der Waals surface area contributed by atoms with Gasteiger partial charge in [0.25, 0.3) is 5.91 Å². The number of pyridine rings is 1. The van der Waals surface area contributed by atoms with Crippen LogP contribution in [-0.4, -0.2) is 28.6 Å². The van der Waals surface area contributed by atoms with Gasteiger partial charge in [0.1, 0.15) is 0 Å². The molecular weight excluding hydrogens is 284 g/mol. The van der Waals surface area contributed by atoms with Crippen molar-refractivity contribution in [2.24, 2.45) is 5.92 Å². The van der Waals surface area contributed by atoms with E-state index in [0.29, 0.717) is 5.56 Å². The molecule has 1 aromatic rings. The highest BCUT2D eigenvalue weighted by Crippen LogP contribution is 2.17. The number of nitrogens with zero attached hydrogens (tertiary/aromatic N) is 1. The van der Waals surface area contributed by atoms with Gasteiger partial charge in [-0.3, -0.25) is 9.78 Å². The summed E-state index contributed by atoms with van der Waals surface area (Å²) in [6, 6.07) is 1.73. The van der Waals surface area contributed by atoms with Crippen molar-refractivity contribution in [1.29, 1.82) is 0 Å². The van der Waals surface area contributed by atoms with Gasteiger partial charge in [-0.05, 0) is 28.4 Å². The number of nitrogens with one attached hydrogen (secondary N) is 1. The summed E-state index contributed by atoms with van der Waals surface area (Å²) in [5, 5.41) is 11.9. The Morgan fingerprint density at radius 2 is 2.35 bits per heavy atom. The quantitative estimate of drug-likeness (QED) is 0.831. The van der Waals surface area contributed by atoms with Gasteiger partial charge in [0.2, 0.25) is 0 Å². The maximum atomic E-state index is 11.9. The van der Waals surface area contributed by atoms with E-state index < -0.39 is 0 Å². The Labute approximate surface area is 108 Å². The summed E-state index contributed by atoms with van der Waals surface area (Å²) in [4.78, 5) is 15.8. The standard InChI is InChI=1S/C12H13BrN2O2/c13-10-4-9(5-14-6-10)12(17)15-11-2-1-8(3-11)7-16/h1-2,4-6,8,11,16H,3,7H2,(H,15,17)/t8-,11+/m0/s1. The molecule has 0 saturated heterocycles. The molecule has 1 amide bonds. The molecule has 1 aromatic heterocycles. The van der Waals surface area contributed by atoms with Gasteiger partial charge in [-0.15, -0.1) is 0 Å². The third-order valence-corrected chi connectivity index (χ3v) is 3.12. The number of carbonyl (C=O) groups excluding carboxylic acids is 1. The van der Waals surface area contributed by atoms with Crippen LogP contribution in [0.25, 0.3) is 0 Å². The molecule has 0 fully saturated rings. The van der Waals surface area contributed by atoms with E-state index in [2.05, 4.69) is 26.2 Å². The van der Waals surface area contributed by atoms with E-state index in [0.717, 1.165) is 10.9 Å². The Hall–Kier alpha value is -1.20. The molecule has 0 unspecified atom stereocenters. The normalized spacial score (nSPS) is 22.7. The Morgan fingerprint density at radius 1 is 1.53 bits per heavy atom. The highest BCUT2D eigenvalue weighted by atomic mass is 79.9. The number of aliphatic hydroxyl groups excluding tert-OH is 1. The average Bonchev–Trinajstić information content (AvgIpc) is 2.77. The molecule has 2 N–H and O–H groups in total. The molecule has 2 rings (SSSR count). The van der Waals surface area contributed by atoms with E-state index in [-0.39, 0.29) is 24.5 Å². The van der Waals surface area contributed by atoms with E-state index in [1.165, 1.54) is 6.20 Å². The van der Waals surface area contributed by atoms with Crippen molar-refractivity contribution in [1.82, 2.24) is 10.3 Å². The molecule has 4 nitrogen and oxygen atoms in total. The highest BCUT2D eigenvalue weighted by molar-refractivity contribution is 9.10. The zero-order valence-corrected chi connectivity index (χ0v) is 10.7. The third kappa shape index (κ3) is 3.14. The number of aromatic nitrogens is 1. The summed E-state index contributed by atoms with van der Waals surface area (Å²) in [6.45, 7) is 0.126. The molecular formula is C12H13BrN2O2. The van der Waals surface area contributed by atoms with Crippen LogP contribution in [0.5, 0.6) is 0 Å². The summed E-state index contributed by atoms with van der Waals surface area (Å²) in [7, 11) is 0. The average molecular weight is 297 g/mol. The summed E-state index contributed by atoms with van der Waals surface area (Å²) in [5.41, 5.74) is 0.528. The molecule has 1 aliphatic carbocycles. The smallest absolute Gasteiger partial charge is 0.253 e. The van der Waals surface area contributed by atoms with Gasteiger partial charge >= 0.3 is 0 Å². The first kappa shape index (κ1) is 12.3. The number of hydrogen-bond acceptors (Lipinski definition) is 3. The molecule has 17 heavy (non-hydrogen) atoms. The fraction of sp³-hybridized carbons (Fsp3) is 0.333. The Bertz CT molecular complexity index is 448. The fourth-order valence-corrected chi connectivity index (χ4v) is 2.17. The van der Waals surface area contributed by atoms with Crippen molar-refractivity contribution >= 4 is 21.8 Å². The van der Waals surface area contributed by atoms with Gasteiger partial charge in [0, 0.05) is 35.4 Å². The van der Waals surface area contributed by atoms with E-state index in [4.69, 9.17) is 5.11 Å². The summed E-state index contributed by atoms with van der Waals surface area (Å²) >= 11 is 3.27. The van der Waals surface area contributed by atoms with Gasteiger partial charge < -0.3 is 10.4 Å². The number of hydrogen-bond donors (Lipinski definition) is 2. The second kappa shape index (κ2) is 5.42. The molecule has 0 spiro atoms. The Morgan fingerprint density at radius 3 is 3.00 bits per heavy atom. The van der Waals surface area contributed by atoms with Crippen LogP contribution < -0.4 is 5.32 Å². The second-order valence-electron chi connectivity index (χ2n) is 4.04. The minimum absolute atomic E-state index is 0.00127. The van der Waals surface area contributed by atoms with E-state index >= 15 is 0 Å². The van der Waals surface area contributed by atoms with Crippen molar-refractivity contribution in [3.8, 4) is 0 Å². The van der Waals surface area contributed by atoms with Crippen LogP contribution in [0.2, 0.25) is 0 Å². The number of aliphatic hydroxyl groups is 1. The molecule has 0 bridgehead atoms. The van der Waals surface area contributed by atoms with Crippen molar-refractivity contribution < 1.29 is 9.90 Å². The molecule has 2 atom stereocenters. The predicted molar refractivity (Wildman–Crippen MR) is 67.5 cm³/mol. The minimum atomic E-state index is -0.146. The van der Waals surface area contributed by atoms with Crippen molar-refractivity contribution in [3.05, 3.63) is 40.6 Å². The zero-order chi connectivity index (χ0) is 12.3. The second-order valence-corrected chi connectivity index (χ2v) is 4.95. The predicted octanol–water partition coefficient (Wildman–Crippen LogP) is 1.51. The van der Waals surface area contributed by atoms with E-state index in [9.17, 15) is 4.79 Å². The number of carbonyl (C=O) groups is 1. The van der Waals surface area contributed by atoms with Crippen LogP contribution in [-0.2, 0) is 0 Å². The lowest BCUT2D eigenvalue weighted by Crippen LogP contribution is -2.32. The lowest BCUT2D eigenvalue weighted by Gasteiger charge is -2.12. The van der Waals surface area contributed by atoms with Gasteiger partial charge in [0.15, 0.2) is 0 Å². The maximum Gasteiger partial charge on any atom is 0.253 e. The molecule has 5 heteroatoms. The lowest BCUT2D eigenvalue weighted by molar-refractivity contribution is 0.0940. The summed E-state index contributed by atoms with van der Waals surface area (Å²) in [6.07, 6.45) is 7.77. The van der Waals surface area contributed by atoms with Gasteiger partial charge in [-0.1, -0.05) is 12.2 Å². The molecule has 1 aliphatic rings. The molecule has 0 saturated carbocycles. The SMILES string of the molecule is O=C(N[C@@H]1C=C[C@H](CO)C1)c1cncc(Br)c1. The molecule has 0 aliphatic heterocycles. The van der Waals surface area contributed by atoms with Crippen LogP contribution in [0.4, 0.5) is 0 Å². The topological polar surface area (TPSA) is 62.2 Å². The van der Waals surface area contributed by atoms with E-state index in [1.807, 2.05) is 12.2 Å². The monoisotopic (exact) mass is 296 g/mol. The van der Waals surface area contributed by atoms with Gasteiger partial charge in [0.05, 0.1) is 5.56 Å². The van der Waals surface area contributed by atoms with Crippen molar-refractivity contribution in [3.63, 3.8) is 0 Å². The number of rotatable bonds is 3. The first-order chi connectivity index (χ1) is 8.19. The largest absolute Gasteiger partial charge is 0.396 e. The van der Waals surface area contributed by atoms with Gasteiger partial charge in [-0.2, -0.15) is 0 Å². The van der Waals surface area contributed by atoms with Crippen molar-refractivity contribution in [2.45, 2.75) is 12.5 Å². The van der Waals surface area contributed by atoms with E-state index in [1.54, 1.807) is 12.3 Å². The third-order valence-electron chi connectivity index (χ3n) is 2.69. The van der Waals surface area contributed by atoms with Crippen LogP contribution in [0.3, 0.4) is 0 Å². The molecule has 1 heterocycles. The van der Waals surface area contributed by atoms with Crippen LogP contribution in [0.15, 0.2) is 35.1 Å².